The topological polar surface area (TPSA) is 108 Å². The van der Waals surface area contributed by atoms with Crippen molar-refractivity contribution in [3.63, 3.8) is 0 Å². The first-order valence-electron chi connectivity index (χ1n) is 10.1. The van der Waals surface area contributed by atoms with Gasteiger partial charge in [0.25, 0.3) is 11.4 Å². The number of anilines is 1. The van der Waals surface area contributed by atoms with Gasteiger partial charge in [-0.2, -0.15) is 4.98 Å². The van der Waals surface area contributed by atoms with E-state index in [-0.39, 0.29) is 18.0 Å². The predicted octanol–water partition coefficient (Wildman–Crippen LogP) is 3.53. The molecule has 2 heterocycles. The zero-order chi connectivity index (χ0) is 23.4. The molecular weight excluding hydrogens is 424 g/mol. The molecule has 0 unspecified atom stereocenters. The van der Waals surface area contributed by atoms with E-state index in [1.165, 1.54) is 23.9 Å². The summed E-state index contributed by atoms with van der Waals surface area (Å²) >= 11 is 0. The molecule has 0 atom stereocenters. The maximum absolute atomic E-state index is 12.6. The van der Waals surface area contributed by atoms with Crippen LogP contribution >= 0.6 is 0 Å². The number of aryl methyl sites for hydroxylation is 1. The molecule has 0 radical (unpaired) electrons. The van der Waals surface area contributed by atoms with Gasteiger partial charge in [-0.15, -0.1) is 0 Å². The molecule has 9 heteroatoms. The van der Waals surface area contributed by atoms with Crippen LogP contribution in [-0.2, 0) is 11.3 Å². The lowest BCUT2D eigenvalue weighted by molar-refractivity contribution is -0.116. The van der Waals surface area contributed by atoms with E-state index in [9.17, 15) is 9.59 Å². The number of rotatable bonds is 7. The van der Waals surface area contributed by atoms with E-state index in [0.717, 1.165) is 11.1 Å². The van der Waals surface area contributed by atoms with Crippen molar-refractivity contribution in [3.05, 3.63) is 76.7 Å². The first-order valence-corrected chi connectivity index (χ1v) is 10.1. The smallest absolute Gasteiger partial charge is 0.259 e. The molecule has 4 rings (SSSR count). The van der Waals surface area contributed by atoms with Crippen molar-refractivity contribution >= 4 is 11.6 Å². The Morgan fingerprint density at radius 1 is 1.03 bits per heavy atom. The minimum Gasteiger partial charge on any atom is -0.497 e. The molecule has 4 aromatic rings. The number of amides is 1. The standard InChI is InChI=1S/C24H22N4O5/c1-15-4-6-16(7-5-15)23-26-24(33-27-23)17-8-11-22(30)28(13-17)14-21(29)25-19-10-9-18(31-2)12-20(19)32-3/h4-13H,14H2,1-3H3,(H,25,29). The molecule has 0 aliphatic rings. The first-order chi connectivity index (χ1) is 16.0. The highest BCUT2D eigenvalue weighted by Crippen LogP contribution is 2.29. The molecule has 9 nitrogen and oxygen atoms in total. The molecule has 2 aromatic carbocycles. The van der Waals surface area contributed by atoms with E-state index in [1.54, 1.807) is 31.4 Å². The summed E-state index contributed by atoms with van der Waals surface area (Å²) in [6.07, 6.45) is 1.51. The Balaban J connectivity index is 1.53. The van der Waals surface area contributed by atoms with Crippen LogP contribution in [0, 0.1) is 6.92 Å². The quantitative estimate of drug-likeness (QED) is 0.463. The number of hydrogen-bond acceptors (Lipinski definition) is 7. The van der Waals surface area contributed by atoms with E-state index in [2.05, 4.69) is 15.5 Å². The van der Waals surface area contributed by atoms with Gasteiger partial charge in [0.1, 0.15) is 18.0 Å². The highest BCUT2D eigenvalue weighted by Gasteiger charge is 2.14. The van der Waals surface area contributed by atoms with Crippen molar-refractivity contribution in [2.24, 2.45) is 0 Å². The molecular formula is C24H22N4O5. The second kappa shape index (κ2) is 9.39. The van der Waals surface area contributed by atoms with Crippen LogP contribution in [0.3, 0.4) is 0 Å². The van der Waals surface area contributed by atoms with Crippen LogP contribution in [0.25, 0.3) is 22.8 Å². The van der Waals surface area contributed by atoms with Gasteiger partial charge in [-0.3, -0.25) is 9.59 Å². The number of hydrogen-bond donors (Lipinski definition) is 1. The molecule has 0 saturated carbocycles. The van der Waals surface area contributed by atoms with Crippen LogP contribution in [0.2, 0.25) is 0 Å². The van der Waals surface area contributed by atoms with E-state index in [0.29, 0.717) is 28.6 Å². The molecule has 0 saturated heterocycles. The van der Waals surface area contributed by atoms with Gasteiger partial charge >= 0.3 is 0 Å². The summed E-state index contributed by atoms with van der Waals surface area (Å²) in [6.45, 7) is 1.79. The molecule has 2 aromatic heterocycles. The van der Waals surface area contributed by atoms with Gasteiger partial charge in [0, 0.05) is 23.9 Å². The largest absolute Gasteiger partial charge is 0.497 e. The fourth-order valence-electron chi connectivity index (χ4n) is 3.19. The number of methoxy groups -OCH3 is 2. The Morgan fingerprint density at radius 3 is 2.52 bits per heavy atom. The third kappa shape index (κ3) is 4.93. The summed E-state index contributed by atoms with van der Waals surface area (Å²) in [7, 11) is 3.03. The van der Waals surface area contributed by atoms with Crippen LogP contribution in [0.15, 0.2) is 70.1 Å². The number of pyridine rings is 1. The summed E-state index contributed by atoms with van der Waals surface area (Å²) in [6, 6.07) is 15.7. The lowest BCUT2D eigenvalue weighted by Gasteiger charge is -2.12. The Labute approximate surface area is 189 Å². The average molecular weight is 446 g/mol. The van der Waals surface area contributed by atoms with Crippen molar-refractivity contribution in [1.29, 1.82) is 0 Å². The lowest BCUT2D eigenvalue weighted by atomic mass is 10.1. The van der Waals surface area contributed by atoms with Gasteiger partial charge in [0.2, 0.25) is 11.7 Å². The SMILES string of the molecule is COc1ccc(NC(=O)Cn2cc(-c3nc(-c4ccc(C)cc4)no3)ccc2=O)c(OC)c1. The van der Waals surface area contributed by atoms with Crippen LogP contribution in [-0.4, -0.2) is 34.8 Å². The molecule has 0 bridgehead atoms. The molecule has 0 aliphatic carbocycles. The van der Waals surface area contributed by atoms with Crippen molar-refractivity contribution in [2.75, 3.05) is 19.5 Å². The Morgan fingerprint density at radius 2 is 1.79 bits per heavy atom. The number of aromatic nitrogens is 3. The molecule has 168 valence electrons. The summed E-state index contributed by atoms with van der Waals surface area (Å²) < 4.78 is 17.1. The molecule has 33 heavy (non-hydrogen) atoms. The van der Waals surface area contributed by atoms with E-state index >= 15 is 0 Å². The summed E-state index contributed by atoms with van der Waals surface area (Å²) in [5.41, 5.74) is 2.59. The van der Waals surface area contributed by atoms with E-state index < -0.39 is 5.91 Å². The normalized spacial score (nSPS) is 10.6. The van der Waals surface area contributed by atoms with Gasteiger partial charge < -0.3 is 23.9 Å². The average Bonchev–Trinajstić information content (AvgIpc) is 3.31. The second-order valence-corrected chi connectivity index (χ2v) is 7.29. The zero-order valence-electron chi connectivity index (χ0n) is 18.4. The van der Waals surface area contributed by atoms with Crippen molar-refractivity contribution < 1.29 is 18.8 Å². The number of nitrogens with one attached hydrogen (secondary N) is 1. The molecule has 1 amide bonds. The molecule has 0 spiro atoms. The van der Waals surface area contributed by atoms with E-state index in [4.69, 9.17) is 14.0 Å². The molecule has 0 fully saturated rings. The number of carbonyl (C=O) groups is 1. The van der Waals surface area contributed by atoms with Crippen LogP contribution in [0.1, 0.15) is 5.56 Å². The maximum atomic E-state index is 12.6. The van der Waals surface area contributed by atoms with Gasteiger partial charge in [0.15, 0.2) is 0 Å². The Bertz CT molecular complexity index is 1340. The summed E-state index contributed by atoms with van der Waals surface area (Å²) in [4.78, 5) is 29.4. The minimum absolute atomic E-state index is 0.208. The Hall–Kier alpha value is -4.40. The molecule has 0 aliphatic heterocycles. The summed E-state index contributed by atoms with van der Waals surface area (Å²) in [5, 5.41) is 6.76. The Kier molecular flexibility index (Phi) is 6.21. The number of ether oxygens (including phenoxy) is 2. The van der Waals surface area contributed by atoms with Crippen LogP contribution in [0.5, 0.6) is 11.5 Å². The number of benzene rings is 2. The maximum Gasteiger partial charge on any atom is 0.259 e. The fourth-order valence-corrected chi connectivity index (χ4v) is 3.19. The predicted molar refractivity (Wildman–Crippen MR) is 122 cm³/mol. The number of carbonyl (C=O) groups excluding carboxylic acids is 1. The van der Waals surface area contributed by atoms with Gasteiger partial charge in [0.05, 0.1) is 25.5 Å². The first kappa shape index (κ1) is 21.8. The highest BCUT2D eigenvalue weighted by molar-refractivity contribution is 5.92. The van der Waals surface area contributed by atoms with Gasteiger partial charge in [-0.25, -0.2) is 0 Å². The van der Waals surface area contributed by atoms with E-state index in [1.807, 2.05) is 31.2 Å². The number of nitrogens with zero attached hydrogens (tertiary/aromatic N) is 3. The second-order valence-electron chi connectivity index (χ2n) is 7.29. The third-order valence-electron chi connectivity index (χ3n) is 4.96. The van der Waals surface area contributed by atoms with Crippen LogP contribution < -0.4 is 20.3 Å². The minimum atomic E-state index is -0.399. The monoisotopic (exact) mass is 446 g/mol. The zero-order valence-corrected chi connectivity index (χ0v) is 18.4. The van der Waals surface area contributed by atoms with Gasteiger partial charge in [-0.05, 0) is 25.1 Å². The van der Waals surface area contributed by atoms with Crippen molar-refractivity contribution in [1.82, 2.24) is 14.7 Å². The van der Waals surface area contributed by atoms with Gasteiger partial charge in [-0.1, -0.05) is 35.0 Å². The highest BCUT2D eigenvalue weighted by atomic mass is 16.5. The molecule has 1 N–H and O–H groups in total. The fraction of sp³-hybridized carbons (Fsp3) is 0.167. The third-order valence-corrected chi connectivity index (χ3v) is 4.96. The lowest BCUT2D eigenvalue weighted by Crippen LogP contribution is -2.27. The van der Waals surface area contributed by atoms with Crippen molar-refractivity contribution in [2.45, 2.75) is 13.5 Å². The van der Waals surface area contributed by atoms with Crippen molar-refractivity contribution in [3.8, 4) is 34.3 Å². The summed E-state index contributed by atoms with van der Waals surface area (Å²) in [5.74, 6) is 1.32. The van der Waals surface area contributed by atoms with Crippen LogP contribution in [0.4, 0.5) is 5.69 Å².